The van der Waals surface area contributed by atoms with Gasteiger partial charge in [0.15, 0.2) is 5.75 Å². The van der Waals surface area contributed by atoms with E-state index in [2.05, 4.69) is 99.6 Å². The predicted octanol–water partition coefficient (Wildman–Crippen LogP) is 7.69. The summed E-state index contributed by atoms with van der Waals surface area (Å²) in [6.45, 7) is 22.0. The summed E-state index contributed by atoms with van der Waals surface area (Å²) in [7, 11) is -4.18. The third-order valence-corrected chi connectivity index (χ3v) is 18.4. The third-order valence-electron chi connectivity index (χ3n) is 6.76. The van der Waals surface area contributed by atoms with Gasteiger partial charge in [-0.05, 0) is 38.3 Å². The van der Waals surface area contributed by atoms with E-state index in [9.17, 15) is 5.11 Å². The zero-order valence-corrected chi connectivity index (χ0v) is 23.6. The lowest BCUT2D eigenvalue weighted by molar-refractivity contribution is 0.412. The first-order valence-corrected chi connectivity index (χ1v) is 17.1. The molecule has 0 saturated carbocycles. The van der Waals surface area contributed by atoms with Crippen molar-refractivity contribution in [3.05, 3.63) is 18.2 Å². The molecule has 0 heterocycles. The largest absolute Gasteiger partial charge is 0.543 e. The standard InChI is InChI=1S/C20H36Br2O3Si2/c1-14(21)19(3,4)26(7,8)24-16-11-12-18(17(23)13-16)25-27(9,10)20(5,6)15(2)22/h11-15,23H,1-10H3. The van der Waals surface area contributed by atoms with Crippen LogP contribution in [0.25, 0.3) is 0 Å². The van der Waals surface area contributed by atoms with Crippen LogP contribution in [0.3, 0.4) is 0 Å². The number of phenolic OH excluding ortho intramolecular Hbond substituents is 1. The minimum atomic E-state index is -2.12. The van der Waals surface area contributed by atoms with Crippen LogP contribution in [0, 0.1) is 0 Å². The maximum atomic E-state index is 10.6. The van der Waals surface area contributed by atoms with E-state index in [0.717, 1.165) is 0 Å². The maximum Gasteiger partial charge on any atom is 0.252 e. The number of hydrogen-bond donors (Lipinski definition) is 1. The highest BCUT2D eigenvalue weighted by Gasteiger charge is 2.47. The molecule has 0 aliphatic carbocycles. The van der Waals surface area contributed by atoms with E-state index in [1.165, 1.54) is 0 Å². The number of aromatic hydroxyl groups is 1. The Labute approximate surface area is 184 Å². The first-order chi connectivity index (χ1) is 12.0. The van der Waals surface area contributed by atoms with Crippen LogP contribution in [0.1, 0.15) is 41.5 Å². The fourth-order valence-corrected chi connectivity index (χ4v) is 9.63. The minimum Gasteiger partial charge on any atom is -0.543 e. The molecule has 1 aromatic carbocycles. The minimum absolute atomic E-state index is 0.000442. The van der Waals surface area contributed by atoms with Crippen LogP contribution in [-0.2, 0) is 0 Å². The van der Waals surface area contributed by atoms with E-state index in [4.69, 9.17) is 8.85 Å². The van der Waals surface area contributed by atoms with Crippen molar-refractivity contribution in [1.29, 1.82) is 0 Å². The molecule has 0 saturated heterocycles. The summed E-state index contributed by atoms with van der Waals surface area (Å²) < 4.78 is 12.8. The number of phenols is 1. The monoisotopic (exact) mass is 538 g/mol. The molecule has 0 aliphatic rings. The van der Waals surface area contributed by atoms with Gasteiger partial charge in [0.1, 0.15) is 11.5 Å². The Morgan fingerprint density at radius 3 is 1.63 bits per heavy atom. The molecule has 0 aromatic heterocycles. The summed E-state index contributed by atoms with van der Waals surface area (Å²) in [5.74, 6) is 1.37. The smallest absolute Gasteiger partial charge is 0.252 e. The van der Waals surface area contributed by atoms with E-state index in [0.29, 0.717) is 21.2 Å². The van der Waals surface area contributed by atoms with Crippen molar-refractivity contribution in [2.45, 2.75) is 87.5 Å². The summed E-state index contributed by atoms with van der Waals surface area (Å²) in [5, 5.41) is 10.6. The van der Waals surface area contributed by atoms with Gasteiger partial charge in [0.05, 0.1) is 0 Å². The first kappa shape index (κ1) is 25.1. The molecule has 0 spiro atoms. The Kier molecular flexibility index (Phi) is 7.80. The van der Waals surface area contributed by atoms with Crippen molar-refractivity contribution >= 4 is 48.5 Å². The highest BCUT2D eigenvalue weighted by Crippen LogP contribution is 2.47. The van der Waals surface area contributed by atoms with Crippen molar-refractivity contribution in [2.75, 3.05) is 0 Å². The molecule has 156 valence electrons. The van der Waals surface area contributed by atoms with Crippen LogP contribution in [0.15, 0.2) is 18.2 Å². The van der Waals surface area contributed by atoms with Crippen molar-refractivity contribution in [3.8, 4) is 17.2 Å². The van der Waals surface area contributed by atoms with Crippen LogP contribution >= 0.6 is 31.9 Å². The quantitative estimate of drug-likeness (QED) is 0.272. The lowest BCUT2D eigenvalue weighted by Gasteiger charge is -2.42. The molecule has 2 atom stereocenters. The topological polar surface area (TPSA) is 38.7 Å². The van der Waals surface area contributed by atoms with Gasteiger partial charge >= 0.3 is 0 Å². The van der Waals surface area contributed by atoms with E-state index < -0.39 is 16.6 Å². The third kappa shape index (κ3) is 5.34. The number of rotatable bonds is 8. The molecule has 0 amide bonds. The van der Waals surface area contributed by atoms with Crippen LogP contribution in [-0.4, -0.2) is 31.4 Å². The number of hydrogen-bond acceptors (Lipinski definition) is 3. The Balaban J connectivity index is 3.08. The fourth-order valence-electron chi connectivity index (χ4n) is 2.44. The van der Waals surface area contributed by atoms with Gasteiger partial charge in [-0.1, -0.05) is 73.4 Å². The molecule has 2 unspecified atom stereocenters. The number of alkyl halides is 2. The van der Waals surface area contributed by atoms with E-state index >= 15 is 0 Å². The molecule has 27 heavy (non-hydrogen) atoms. The van der Waals surface area contributed by atoms with E-state index in [1.807, 2.05) is 12.1 Å². The van der Waals surface area contributed by atoms with E-state index in [-0.39, 0.29) is 15.8 Å². The Morgan fingerprint density at radius 2 is 1.26 bits per heavy atom. The fraction of sp³-hybridized carbons (Fsp3) is 0.700. The first-order valence-electron chi connectivity index (χ1n) is 9.45. The number of halogens is 2. The summed E-state index contributed by atoms with van der Waals surface area (Å²) in [6, 6.07) is 5.44. The predicted molar refractivity (Wildman–Crippen MR) is 129 cm³/mol. The molecule has 0 aliphatic heterocycles. The normalized spacial score (nSPS) is 16.0. The molecule has 1 rings (SSSR count). The lowest BCUT2D eigenvalue weighted by Crippen LogP contribution is -2.49. The number of benzene rings is 1. The second-order valence-corrected chi connectivity index (χ2v) is 21.3. The summed E-state index contributed by atoms with van der Waals surface area (Å²) >= 11 is 7.43. The molecule has 1 aromatic rings. The van der Waals surface area contributed by atoms with Gasteiger partial charge in [-0.25, -0.2) is 0 Å². The second-order valence-electron chi connectivity index (χ2n) is 9.53. The van der Waals surface area contributed by atoms with Crippen molar-refractivity contribution in [1.82, 2.24) is 0 Å². The van der Waals surface area contributed by atoms with E-state index in [1.54, 1.807) is 6.07 Å². The summed E-state index contributed by atoms with van der Waals surface area (Å²) in [5.41, 5.74) is 0. The van der Waals surface area contributed by atoms with Crippen LogP contribution in [0.4, 0.5) is 0 Å². The Hall–Kier alpha value is 0.0138. The summed E-state index contributed by atoms with van der Waals surface area (Å²) in [4.78, 5) is 0.653. The lowest BCUT2D eigenvalue weighted by atomic mass is 10.1. The highest BCUT2D eigenvalue weighted by molar-refractivity contribution is 9.09. The zero-order valence-electron chi connectivity index (χ0n) is 18.4. The van der Waals surface area contributed by atoms with Gasteiger partial charge in [0, 0.05) is 25.8 Å². The molecular weight excluding hydrogens is 504 g/mol. The Bertz CT molecular complexity index is 657. The molecular formula is C20H36Br2O3Si2. The van der Waals surface area contributed by atoms with Crippen molar-refractivity contribution in [3.63, 3.8) is 0 Å². The second kappa shape index (κ2) is 8.40. The molecule has 3 nitrogen and oxygen atoms in total. The molecule has 7 heteroatoms. The van der Waals surface area contributed by atoms with Gasteiger partial charge in [0.25, 0.3) is 16.6 Å². The molecule has 1 N–H and O–H groups in total. The average Bonchev–Trinajstić information content (AvgIpc) is 2.48. The maximum absolute atomic E-state index is 10.6. The van der Waals surface area contributed by atoms with Crippen molar-refractivity contribution in [2.24, 2.45) is 0 Å². The van der Waals surface area contributed by atoms with Gasteiger partial charge in [0.2, 0.25) is 0 Å². The van der Waals surface area contributed by atoms with Crippen LogP contribution < -0.4 is 8.85 Å². The molecule has 0 bridgehead atoms. The van der Waals surface area contributed by atoms with Gasteiger partial charge in [-0.3, -0.25) is 0 Å². The van der Waals surface area contributed by atoms with Gasteiger partial charge in [-0.2, -0.15) is 0 Å². The Morgan fingerprint density at radius 1 is 0.852 bits per heavy atom. The summed E-state index contributed by atoms with van der Waals surface area (Å²) in [6.07, 6.45) is 0. The van der Waals surface area contributed by atoms with Gasteiger partial charge < -0.3 is 14.0 Å². The average molecular weight is 540 g/mol. The highest BCUT2D eigenvalue weighted by atomic mass is 79.9. The SMILES string of the molecule is CC(Br)C(C)(C)[Si](C)(C)Oc1ccc(O[Si](C)(C)C(C)(C)C(C)Br)c(O)c1. The zero-order chi connectivity index (χ0) is 21.4. The van der Waals surface area contributed by atoms with Crippen LogP contribution in [0.2, 0.25) is 36.3 Å². The molecule has 0 radical (unpaired) electrons. The van der Waals surface area contributed by atoms with Gasteiger partial charge in [-0.15, -0.1) is 0 Å². The molecule has 0 fully saturated rings. The van der Waals surface area contributed by atoms with Crippen LogP contribution in [0.5, 0.6) is 17.2 Å². The van der Waals surface area contributed by atoms with Crippen molar-refractivity contribution < 1.29 is 14.0 Å².